The summed E-state index contributed by atoms with van der Waals surface area (Å²) in [6.45, 7) is 3.15. The molecule has 2 amide bonds. The van der Waals surface area contributed by atoms with Gasteiger partial charge in [-0.1, -0.05) is 0 Å². The maximum absolute atomic E-state index is 11.2. The van der Waals surface area contributed by atoms with Gasteiger partial charge in [0.05, 0.1) is 11.9 Å². The molecule has 1 aliphatic heterocycles. The Hall–Kier alpha value is -1.11. The molecule has 0 N–H and O–H groups in total. The van der Waals surface area contributed by atoms with E-state index in [0.717, 1.165) is 0 Å². The molecular weight excluding hydrogens is 210 g/mol. The van der Waals surface area contributed by atoms with Crippen LogP contribution in [0, 0.1) is 0 Å². The topological polar surface area (TPSA) is 80.8 Å². The highest BCUT2D eigenvalue weighted by molar-refractivity contribution is 7.90. The van der Waals surface area contributed by atoms with E-state index in [1.165, 1.54) is 0 Å². The third-order valence-electron chi connectivity index (χ3n) is 1.58. The van der Waals surface area contributed by atoms with Gasteiger partial charge < -0.3 is 4.74 Å². The molecule has 1 aliphatic rings. The number of rotatable bonds is 1. The zero-order valence-corrected chi connectivity index (χ0v) is 8.70. The summed E-state index contributed by atoms with van der Waals surface area (Å²) < 4.78 is 27.2. The van der Waals surface area contributed by atoms with E-state index in [2.05, 4.69) is 4.74 Å². The van der Waals surface area contributed by atoms with E-state index < -0.39 is 28.1 Å². The van der Waals surface area contributed by atoms with E-state index in [0.29, 0.717) is 0 Å². The fourth-order valence-corrected chi connectivity index (χ4v) is 2.32. The minimum atomic E-state index is -3.77. The second-order valence-corrected chi connectivity index (χ2v) is 5.09. The second-order valence-electron chi connectivity index (χ2n) is 3.16. The summed E-state index contributed by atoms with van der Waals surface area (Å²) in [5.74, 6) is -1.05. The quantitative estimate of drug-likeness (QED) is 0.627. The molecular formula is C7H11NO5S. The molecule has 14 heavy (non-hydrogen) atoms. The Morgan fingerprint density at radius 1 is 1.50 bits per heavy atom. The van der Waals surface area contributed by atoms with Crippen LogP contribution < -0.4 is 0 Å². The van der Waals surface area contributed by atoms with Crippen LogP contribution in [0.15, 0.2) is 0 Å². The Balaban J connectivity index is 2.86. The first-order chi connectivity index (χ1) is 6.34. The molecule has 0 bridgehead atoms. The monoisotopic (exact) mass is 221 g/mol. The van der Waals surface area contributed by atoms with Crippen molar-refractivity contribution < 1.29 is 22.7 Å². The van der Waals surface area contributed by atoms with Crippen molar-refractivity contribution in [2.75, 3.05) is 5.75 Å². The molecule has 0 aromatic heterocycles. The lowest BCUT2D eigenvalue weighted by atomic mass is 10.4. The van der Waals surface area contributed by atoms with Crippen LogP contribution in [0.4, 0.5) is 4.79 Å². The third-order valence-corrected chi connectivity index (χ3v) is 3.21. The number of amides is 2. The molecule has 0 saturated carbocycles. The summed E-state index contributed by atoms with van der Waals surface area (Å²) in [6.07, 6.45) is -1.72. The van der Waals surface area contributed by atoms with Gasteiger partial charge in [-0.05, 0) is 13.8 Å². The van der Waals surface area contributed by atoms with E-state index in [-0.39, 0.29) is 16.5 Å². The lowest BCUT2D eigenvalue weighted by molar-refractivity contribution is -0.124. The minimum absolute atomic E-state index is 0.157. The van der Waals surface area contributed by atoms with Crippen LogP contribution in [-0.4, -0.2) is 36.6 Å². The molecule has 0 aromatic rings. The number of hydrogen-bond donors (Lipinski definition) is 0. The van der Waals surface area contributed by atoms with Crippen molar-refractivity contribution in [3.05, 3.63) is 0 Å². The Bertz CT molecular complexity index is 358. The Labute approximate surface area is 81.9 Å². The summed E-state index contributed by atoms with van der Waals surface area (Å²) in [6, 6.07) is 0. The lowest BCUT2D eigenvalue weighted by Gasteiger charge is -2.14. The van der Waals surface area contributed by atoms with Crippen LogP contribution in [0.2, 0.25) is 0 Å². The van der Waals surface area contributed by atoms with Gasteiger partial charge in [0.1, 0.15) is 0 Å². The fourth-order valence-electron chi connectivity index (χ4n) is 1.03. The highest BCUT2D eigenvalue weighted by Gasteiger charge is 2.41. The molecule has 1 saturated heterocycles. The van der Waals surface area contributed by atoms with Crippen molar-refractivity contribution in [1.29, 1.82) is 0 Å². The van der Waals surface area contributed by atoms with Gasteiger partial charge in [-0.3, -0.25) is 4.79 Å². The molecule has 0 aliphatic carbocycles. The third kappa shape index (κ3) is 2.03. The smallest absolute Gasteiger partial charge is 0.431 e. The van der Waals surface area contributed by atoms with Crippen molar-refractivity contribution in [2.45, 2.75) is 26.4 Å². The Morgan fingerprint density at radius 3 is 2.43 bits per heavy atom. The second kappa shape index (κ2) is 3.56. The summed E-state index contributed by atoms with van der Waals surface area (Å²) >= 11 is 0. The normalized spacial score (nSPS) is 20.2. The molecule has 1 fully saturated rings. The molecule has 6 nitrogen and oxygen atoms in total. The minimum Gasteiger partial charge on any atom is -0.446 e. The molecule has 1 heterocycles. The van der Waals surface area contributed by atoms with Crippen molar-refractivity contribution in [1.82, 2.24) is 4.31 Å². The van der Waals surface area contributed by atoms with Crippen LogP contribution in [0.1, 0.15) is 20.3 Å². The van der Waals surface area contributed by atoms with Gasteiger partial charge in [0.15, 0.2) is 0 Å². The number of nitrogens with zero attached hydrogens (tertiary/aromatic N) is 1. The first-order valence-corrected chi connectivity index (χ1v) is 5.72. The predicted molar refractivity (Wildman–Crippen MR) is 46.9 cm³/mol. The SMILES string of the molecule is CC(C)OC(=O)N1C(=O)CCS1(=O)=O. The van der Waals surface area contributed by atoms with Gasteiger partial charge in [-0.2, -0.15) is 0 Å². The van der Waals surface area contributed by atoms with Gasteiger partial charge >= 0.3 is 6.09 Å². The summed E-state index contributed by atoms with van der Waals surface area (Å²) in [5.41, 5.74) is 0. The number of imide groups is 1. The highest BCUT2D eigenvalue weighted by Crippen LogP contribution is 2.16. The Kier molecular flexibility index (Phi) is 2.79. The van der Waals surface area contributed by atoms with Crippen molar-refractivity contribution in [3.8, 4) is 0 Å². The van der Waals surface area contributed by atoms with Crippen molar-refractivity contribution in [3.63, 3.8) is 0 Å². The first kappa shape index (κ1) is 11.0. The van der Waals surface area contributed by atoms with Gasteiger partial charge in [0.2, 0.25) is 15.9 Å². The average Bonchev–Trinajstić information content (AvgIpc) is 2.24. The van der Waals surface area contributed by atoms with Crippen LogP contribution in [0.3, 0.4) is 0 Å². The van der Waals surface area contributed by atoms with Gasteiger partial charge in [0, 0.05) is 6.42 Å². The number of hydrogen-bond acceptors (Lipinski definition) is 5. The zero-order chi connectivity index (χ0) is 10.9. The predicted octanol–water partition coefficient (Wildman–Crippen LogP) is 0.0935. The molecule has 80 valence electrons. The van der Waals surface area contributed by atoms with Crippen molar-refractivity contribution >= 4 is 22.0 Å². The van der Waals surface area contributed by atoms with E-state index in [1.54, 1.807) is 13.8 Å². The first-order valence-electron chi connectivity index (χ1n) is 4.11. The standard InChI is InChI=1S/C7H11NO5S/c1-5(2)13-7(10)8-6(9)3-4-14(8,11)12/h5H,3-4H2,1-2H3. The van der Waals surface area contributed by atoms with Crippen LogP contribution in [-0.2, 0) is 19.6 Å². The van der Waals surface area contributed by atoms with Gasteiger partial charge in [-0.15, -0.1) is 4.31 Å². The molecule has 0 radical (unpaired) electrons. The molecule has 0 aromatic carbocycles. The summed E-state index contributed by atoms with van der Waals surface area (Å²) in [7, 11) is -3.77. The molecule has 0 atom stereocenters. The average molecular weight is 221 g/mol. The van der Waals surface area contributed by atoms with E-state index in [1.807, 2.05) is 0 Å². The van der Waals surface area contributed by atoms with Crippen molar-refractivity contribution in [2.24, 2.45) is 0 Å². The van der Waals surface area contributed by atoms with Crippen LogP contribution in [0.5, 0.6) is 0 Å². The maximum atomic E-state index is 11.2. The number of sulfonamides is 1. The Morgan fingerprint density at radius 2 is 2.07 bits per heavy atom. The highest BCUT2D eigenvalue weighted by atomic mass is 32.2. The molecule has 0 unspecified atom stereocenters. The molecule has 1 rings (SSSR count). The van der Waals surface area contributed by atoms with E-state index >= 15 is 0 Å². The van der Waals surface area contributed by atoms with Gasteiger partial charge in [0.25, 0.3) is 0 Å². The fraction of sp³-hybridized carbons (Fsp3) is 0.714. The van der Waals surface area contributed by atoms with Crippen LogP contribution >= 0.6 is 0 Å². The summed E-state index contributed by atoms with van der Waals surface area (Å²) in [5, 5.41) is 0. The maximum Gasteiger partial charge on any atom is 0.431 e. The number of carbonyl (C=O) groups is 2. The van der Waals surface area contributed by atoms with E-state index in [4.69, 9.17) is 0 Å². The number of carbonyl (C=O) groups excluding carboxylic acids is 2. The van der Waals surface area contributed by atoms with Crippen LogP contribution in [0.25, 0.3) is 0 Å². The lowest BCUT2D eigenvalue weighted by Crippen LogP contribution is -2.37. The van der Waals surface area contributed by atoms with E-state index in [9.17, 15) is 18.0 Å². The summed E-state index contributed by atoms with van der Waals surface area (Å²) in [4.78, 5) is 22.2. The zero-order valence-electron chi connectivity index (χ0n) is 7.89. The largest absolute Gasteiger partial charge is 0.446 e. The molecule has 0 spiro atoms. The van der Waals surface area contributed by atoms with Gasteiger partial charge in [-0.25, -0.2) is 13.2 Å². The number of ether oxygens (including phenoxy) is 1. The molecule has 7 heteroatoms.